The summed E-state index contributed by atoms with van der Waals surface area (Å²) in [6.45, 7) is 8.53. The van der Waals surface area contributed by atoms with Gasteiger partial charge < -0.3 is 5.32 Å². The lowest BCUT2D eigenvalue weighted by atomic mass is 9.89. The zero-order valence-electron chi connectivity index (χ0n) is 15.1. The fourth-order valence-corrected chi connectivity index (χ4v) is 4.16. The highest BCUT2D eigenvalue weighted by atomic mass is 32.2. The standard InChI is InChI=1S/C19H27N3OS/c1-12-13(2)17(10-20)19(22-14(12)3)24-15(4)18(23)21-11-16-8-6-5-7-9-16/h15-16H,5-9,11H2,1-4H3,(H,21,23)/t15-/m0/s1. The third-order valence-electron chi connectivity index (χ3n) is 5.02. The van der Waals surface area contributed by atoms with Gasteiger partial charge in [-0.15, -0.1) is 0 Å². The molecule has 1 aliphatic carbocycles. The van der Waals surface area contributed by atoms with Gasteiger partial charge in [-0.1, -0.05) is 31.0 Å². The highest BCUT2D eigenvalue weighted by Crippen LogP contribution is 2.29. The second-order valence-electron chi connectivity index (χ2n) is 6.75. The Morgan fingerprint density at radius 1 is 1.29 bits per heavy atom. The minimum Gasteiger partial charge on any atom is -0.355 e. The summed E-state index contributed by atoms with van der Waals surface area (Å²) in [5, 5.41) is 12.9. The van der Waals surface area contributed by atoms with Gasteiger partial charge in [0.1, 0.15) is 11.1 Å². The maximum atomic E-state index is 12.4. The van der Waals surface area contributed by atoms with Crippen LogP contribution < -0.4 is 5.32 Å². The van der Waals surface area contributed by atoms with E-state index in [0.29, 0.717) is 16.5 Å². The maximum absolute atomic E-state index is 12.4. The van der Waals surface area contributed by atoms with Gasteiger partial charge in [0.15, 0.2) is 0 Å². The summed E-state index contributed by atoms with van der Waals surface area (Å²) in [5.41, 5.74) is 3.52. The molecule has 1 fully saturated rings. The number of nitrogens with one attached hydrogen (secondary N) is 1. The Labute approximate surface area is 149 Å². The first kappa shape index (κ1) is 18.8. The molecular weight excluding hydrogens is 318 g/mol. The quantitative estimate of drug-likeness (QED) is 0.817. The number of carbonyl (C=O) groups excluding carboxylic acids is 1. The maximum Gasteiger partial charge on any atom is 0.233 e. The Hall–Kier alpha value is -1.54. The van der Waals surface area contributed by atoms with Crippen LogP contribution in [0.4, 0.5) is 0 Å². The van der Waals surface area contributed by atoms with Crippen molar-refractivity contribution >= 4 is 17.7 Å². The number of nitrogens with zero attached hydrogens (tertiary/aromatic N) is 2. The molecule has 4 nitrogen and oxygen atoms in total. The molecule has 0 spiro atoms. The van der Waals surface area contributed by atoms with Crippen LogP contribution in [0, 0.1) is 38.0 Å². The molecule has 2 rings (SSSR count). The lowest BCUT2D eigenvalue weighted by Gasteiger charge is -2.22. The predicted molar refractivity (Wildman–Crippen MR) is 98.1 cm³/mol. The van der Waals surface area contributed by atoms with Gasteiger partial charge in [-0.25, -0.2) is 4.98 Å². The van der Waals surface area contributed by atoms with Crippen molar-refractivity contribution in [3.8, 4) is 6.07 Å². The van der Waals surface area contributed by atoms with Gasteiger partial charge in [0.05, 0.1) is 10.8 Å². The molecule has 1 aromatic heterocycles. The van der Waals surface area contributed by atoms with Crippen molar-refractivity contribution in [3.63, 3.8) is 0 Å². The van der Waals surface area contributed by atoms with Crippen LogP contribution in [0.3, 0.4) is 0 Å². The molecule has 24 heavy (non-hydrogen) atoms. The number of hydrogen-bond donors (Lipinski definition) is 1. The minimum atomic E-state index is -0.255. The van der Waals surface area contributed by atoms with Crippen molar-refractivity contribution in [2.45, 2.75) is 70.1 Å². The van der Waals surface area contributed by atoms with Crippen LogP contribution >= 0.6 is 11.8 Å². The lowest BCUT2D eigenvalue weighted by molar-refractivity contribution is -0.120. The molecule has 1 aromatic rings. The first-order chi connectivity index (χ1) is 11.4. The number of thioether (sulfide) groups is 1. The largest absolute Gasteiger partial charge is 0.355 e. The van der Waals surface area contributed by atoms with Crippen LogP contribution in [-0.4, -0.2) is 22.7 Å². The van der Waals surface area contributed by atoms with Crippen molar-refractivity contribution < 1.29 is 4.79 Å². The van der Waals surface area contributed by atoms with E-state index in [4.69, 9.17) is 0 Å². The van der Waals surface area contributed by atoms with Gasteiger partial charge in [-0.05, 0) is 57.6 Å². The average molecular weight is 346 g/mol. The van der Waals surface area contributed by atoms with Gasteiger partial charge in [0.2, 0.25) is 5.91 Å². The third-order valence-corrected chi connectivity index (χ3v) is 6.11. The Morgan fingerprint density at radius 3 is 2.58 bits per heavy atom. The van der Waals surface area contributed by atoms with E-state index in [2.05, 4.69) is 16.4 Å². The second kappa shape index (κ2) is 8.53. The van der Waals surface area contributed by atoms with Gasteiger partial charge in [-0.3, -0.25) is 4.79 Å². The van der Waals surface area contributed by atoms with Crippen molar-refractivity contribution in [2.75, 3.05) is 6.54 Å². The Bertz CT molecular complexity index is 645. The third kappa shape index (κ3) is 4.51. The number of aryl methyl sites for hydroxylation is 1. The first-order valence-corrected chi connectivity index (χ1v) is 9.64. The van der Waals surface area contributed by atoms with Crippen molar-refractivity contribution in [3.05, 3.63) is 22.4 Å². The molecular formula is C19H27N3OS. The average Bonchev–Trinajstić information content (AvgIpc) is 2.59. The SMILES string of the molecule is Cc1nc(S[C@@H](C)C(=O)NCC2CCCCC2)c(C#N)c(C)c1C. The van der Waals surface area contributed by atoms with Crippen LogP contribution in [0.15, 0.2) is 5.03 Å². The monoisotopic (exact) mass is 345 g/mol. The molecule has 0 radical (unpaired) electrons. The minimum absolute atomic E-state index is 0.0344. The van der Waals surface area contributed by atoms with E-state index in [1.54, 1.807) is 0 Å². The molecule has 1 atom stereocenters. The molecule has 1 aliphatic rings. The molecule has 0 unspecified atom stereocenters. The summed E-state index contributed by atoms with van der Waals surface area (Å²) < 4.78 is 0. The molecule has 0 aliphatic heterocycles. The first-order valence-electron chi connectivity index (χ1n) is 8.76. The van der Waals surface area contributed by atoms with Crippen molar-refractivity contribution in [2.24, 2.45) is 5.92 Å². The summed E-state index contributed by atoms with van der Waals surface area (Å²) >= 11 is 1.38. The van der Waals surface area contributed by atoms with Crippen LogP contribution in [0.25, 0.3) is 0 Å². The summed E-state index contributed by atoms with van der Waals surface area (Å²) in [5.74, 6) is 0.656. The number of amides is 1. The van der Waals surface area contributed by atoms with E-state index >= 15 is 0 Å². The van der Waals surface area contributed by atoms with Crippen LogP contribution in [0.2, 0.25) is 0 Å². The topological polar surface area (TPSA) is 65.8 Å². The predicted octanol–water partition coefficient (Wildman–Crippen LogP) is 4.06. The molecule has 130 valence electrons. The normalized spacial score (nSPS) is 16.5. The van der Waals surface area contributed by atoms with E-state index in [1.165, 1.54) is 43.9 Å². The van der Waals surface area contributed by atoms with E-state index in [9.17, 15) is 10.1 Å². The summed E-state index contributed by atoms with van der Waals surface area (Å²) in [6, 6.07) is 2.24. The van der Waals surface area contributed by atoms with Gasteiger partial charge in [0, 0.05) is 12.2 Å². The van der Waals surface area contributed by atoms with E-state index < -0.39 is 0 Å². The fourth-order valence-electron chi connectivity index (χ4n) is 3.13. The summed E-state index contributed by atoms with van der Waals surface area (Å²) in [4.78, 5) is 16.9. The molecule has 0 bridgehead atoms. The van der Waals surface area contributed by atoms with Crippen molar-refractivity contribution in [1.82, 2.24) is 10.3 Å². The number of pyridine rings is 1. The van der Waals surface area contributed by atoms with E-state index in [-0.39, 0.29) is 11.2 Å². The highest BCUT2D eigenvalue weighted by molar-refractivity contribution is 8.00. The zero-order valence-corrected chi connectivity index (χ0v) is 15.9. The van der Waals surface area contributed by atoms with Gasteiger partial charge in [0.25, 0.3) is 0 Å². The fraction of sp³-hybridized carbons (Fsp3) is 0.632. The Balaban J connectivity index is 1.99. The number of rotatable bonds is 5. The lowest BCUT2D eigenvalue weighted by Crippen LogP contribution is -2.35. The number of carbonyl (C=O) groups is 1. The Morgan fingerprint density at radius 2 is 1.96 bits per heavy atom. The smallest absolute Gasteiger partial charge is 0.233 e. The molecule has 1 heterocycles. The molecule has 1 N–H and O–H groups in total. The highest BCUT2D eigenvalue weighted by Gasteiger charge is 2.21. The van der Waals surface area contributed by atoms with Gasteiger partial charge in [-0.2, -0.15) is 5.26 Å². The molecule has 1 saturated carbocycles. The summed E-state index contributed by atoms with van der Waals surface area (Å²) in [6.07, 6.45) is 6.33. The van der Waals surface area contributed by atoms with Crippen LogP contribution in [-0.2, 0) is 4.79 Å². The van der Waals surface area contributed by atoms with E-state index in [1.807, 2.05) is 27.7 Å². The molecule has 5 heteroatoms. The molecule has 0 aromatic carbocycles. The number of aromatic nitrogens is 1. The van der Waals surface area contributed by atoms with Crippen molar-refractivity contribution in [1.29, 1.82) is 5.26 Å². The van der Waals surface area contributed by atoms with Gasteiger partial charge >= 0.3 is 0 Å². The number of nitriles is 1. The van der Waals surface area contributed by atoms with Crippen LogP contribution in [0.1, 0.15) is 61.4 Å². The second-order valence-corrected chi connectivity index (χ2v) is 8.08. The van der Waals surface area contributed by atoms with Crippen LogP contribution in [0.5, 0.6) is 0 Å². The molecule has 0 saturated heterocycles. The summed E-state index contributed by atoms with van der Waals surface area (Å²) in [7, 11) is 0. The number of hydrogen-bond acceptors (Lipinski definition) is 4. The Kier molecular flexibility index (Phi) is 6.68. The zero-order chi connectivity index (χ0) is 17.7. The van der Waals surface area contributed by atoms with E-state index in [0.717, 1.165) is 23.4 Å². The molecule has 1 amide bonds.